The van der Waals surface area contributed by atoms with Crippen LogP contribution in [0.2, 0.25) is 0 Å². The van der Waals surface area contributed by atoms with E-state index in [4.69, 9.17) is 0 Å². The van der Waals surface area contributed by atoms with Crippen LogP contribution in [-0.2, 0) is 18.4 Å². The lowest BCUT2D eigenvalue weighted by Crippen LogP contribution is -2.45. The fraction of sp³-hybridized carbons (Fsp3) is 0.737. The Balaban J connectivity index is 1.53. The molecule has 7 nitrogen and oxygen atoms in total. The van der Waals surface area contributed by atoms with Gasteiger partial charge in [-0.3, -0.25) is 9.48 Å². The van der Waals surface area contributed by atoms with Crippen molar-refractivity contribution in [1.82, 2.24) is 25.3 Å². The number of hydrogen-bond acceptors (Lipinski definition) is 3. The first-order valence-electron chi connectivity index (χ1n) is 9.98. The monoisotopic (exact) mass is 360 g/mol. The SMILES string of the molecule is CCNC(=NCc1ccnn1C)NC1CCN(C(=O)C2CCCCC2)C1. The van der Waals surface area contributed by atoms with Crippen molar-refractivity contribution < 1.29 is 4.79 Å². The standard InChI is InChI=1S/C19H32N6O/c1-3-20-19(21-13-17-9-11-22-24(17)2)23-16-10-12-25(14-16)18(26)15-7-5-4-6-8-15/h9,11,15-16H,3-8,10,12-14H2,1-2H3,(H2,20,21,23). The van der Waals surface area contributed by atoms with Gasteiger partial charge in [-0.25, -0.2) is 4.99 Å². The first-order valence-corrected chi connectivity index (χ1v) is 9.98. The summed E-state index contributed by atoms with van der Waals surface area (Å²) in [6.07, 6.45) is 8.61. The molecule has 1 saturated carbocycles. The molecule has 26 heavy (non-hydrogen) atoms. The van der Waals surface area contributed by atoms with Crippen LogP contribution >= 0.6 is 0 Å². The molecule has 144 valence electrons. The van der Waals surface area contributed by atoms with E-state index in [1.165, 1.54) is 19.3 Å². The zero-order valence-electron chi connectivity index (χ0n) is 16.1. The van der Waals surface area contributed by atoms with Crippen molar-refractivity contribution in [1.29, 1.82) is 0 Å². The largest absolute Gasteiger partial charge is 0.357 e. The lowest BCUT2D eigenvalue weighted by atomic mass is 9.88. The number of rotatable bonds is 5. The Morgan fingerprint density at radius 1 is 1.31 bits per heavy atom. The van der Waals surface area contributed by atoms with E-state index in [2.05, 4.69) is 32.5 Å². The Labute approximate surface area is 156 Å². The molecule has 1 saturated heterocycles. The van der Waals surface area contributed by atoms with Gasteiger partial charge in [0, 0.05) is 44.8 Å². The molecule has 1 aliphatic heterocycles. The molecule has 1 amide bonds. The van der Waals surface area contributed by atoms with Crippen molar-refractivity contribution in [2.45, 2.75) is 58.0 Å². The number of likely N-dealkylation sites (tertiary alicyclic amines) is 1. The number of aromatic nitrogens is 2. The fourth-order valence-corrected chi connectivity index (χ4v) is 3.92. The zero-order valence-corrected chi connectivity index (χ0v) is 16.1. The minimum absolute atomic E-state index is 0.259. The Morgan fingerprint density at radius 3 is 2.81 bits per heavy atom. The van der Waals surface area contributed by atoms with Crippen molar-refractivity contribution in [3.05, 3.63) is 18.0 Å². The van der Waals surface area contributed by atoms with Crippen molar-refractivity contribution in [3.63, 3.8) is 0 Å². The summed E-state index contributed by atoms with van der Waals surface area (Å²) >= 11 is 0. The van der Waals surface area contributed by atoms with Gasteiger partial charge < -0.3 is 15.5 Å². The van der Waals surface area contributed by atoms with Crippen LogP contribution in [0.15, 0.2) is 17.3 Å². The highest BCUT2D eigenvalue weighted by Gasteiger charge is 2.31. The van der Waals surface area contributed by atoms with E-state index in [1.807, 2.05) is 17.8 Å². The molecule has 1 unspecified atom stereocenters. The van der Waals surface area contributed by atoms with Crippen LogP contribution in [0.5, 0.6) is 0 Å². The van der Waals surface area contributed by atoms with E-state index >= 15 is 0 Å². The topological polar surface area (TPSA) is 74.6 Å². The van der Waals surface area contributed by atoms with Crippen LogP contribution in [0.3, 0.4) is 0 Å². The van der Waals surface area contributed by atoms with Crippen molar-refractivity contribution in [2.24, 2.45) is 18.0 Å². The molecule has 1 aromatic rings. The predicted octanol–water partition coefficient (Wildman–Crippen LogP) is 1.66. The number of aryl methyl sites for hydroxylation is 1. The van der Waals surface area contributed by atoms with Gasteiger partial charge in [0.05, 0.1) is 12.2 Å². The molecule has 1 aromatic heterocycles. The summed E-state index contributed by atoms with van der Waals surface area (Å²) in [5, 5.41) is 11.0. The summed E-state index contributed by atoms with van der Waals surface area (Å²) in [5.74, 6) is 1.44. The van der Waals surface area contributed by atoms with Crippen LogP contribution in [0, 0.1) is 5.92 Å². The average molecular weight is 361 g/mol. The van der Waals surface area contributed by atoms with Crippen LogP contribution in [0.1, 0.15) is 51.1 Å². The van der Waals surface area contributed by atoms with Gasteiger partial charge in [-0.05, 0) is 32.3 Å². The number of aliphatic imine (C=N–C) groups is 1. The Hall–Kier alpha value is -2.05. The van der Waals surface area contributed by atoms with Crippen LogP contribution in [0.25, 0.3) is 0 Å². The second-order valence-corrected chi connectivity index (χ2v) is 7.39. The van der Waals surface area contributed by atoms with E-state index in [0.29, 0.717) is 12.5 Å². The smallest absolute Gasteiger partial charge is 0.225 e. The second-order valence-electron chi connectivity index (χ2n) is 7.39. The molecule has 0 aromatic carbocycles. The molecular formula is C19H32N6O. The number of carbonyl (C=O) groups is 1. The summed E-state index contributed by atoms with van der Waals surface area (Å²) in [4.78, 5) is 19.4. The van der Waals surface area contributed by atoms with E-state index in [-0.39, 0.29) is 12.0 Å². The predicted molar refractivity (Wildman–Crippen MR) is 103 cm³/mol. The quantitative estimate of drug-likeness (QED) is 0.619. The van der Waals surface area contributed by atoms with Crippen LogP contribution in [0.4, 0.5) is 0 Å². The molecule has 7 heteroatoms. The third-order valence-corrected chi connectivity index (χ3v) is 5.46. The fourth-order valence-electron chi connectivity index (χ4n) is 3.92. The number of amides is 1. The maximum absolute atomic E-state index is 12.7. The van der Waals surface area contributed by atoms with Gasteiger partial charge >= 0.3 is 0 Å². The van der Waals surface area contributed by atoms with Crippen LogP contribution in [-0.4, -0.2) is 52.2 Å². The lowest BCUT2D eigenvalue weighted by molar-refractivity contribution is -0.135. The normalized spacial score (nSPS) is 21.8. The van der Waals surface area contributed by atoms with Crippen molar-refractivity contribution in [2.75, 3.05) is 19.6 Å². The first-order chi connectivity index (χ1) is 12.7. The van der Waals surface area contributed by atoms with E-state index in [1.54, 1.807) is 6.20 Å². The average Bonchev–Trinajstić information content (AvgIpc) is 3.29. The molecule has 2 heterocycles. The maximum atomic E-state index is 12.7. The highest BCUT2D eigenvalue weighted by Crippen LogP contribution is 2.26. The highest BCUT2D eigenvalue weighted by atomic mass is 16.2. The minimum Gasteiger partial charge on any atom is -0.357 e. The van der Waals surface area contributed by atoms with Gasteiger partial charge in [0.1, 0.15) is 0 Å². The van der Waals surface area contributed by atoms with E-state index in [9.17, 15) is 4.79 Å². The van der Waals surface area contributed by atoms with Gasteiger partial charge in [0.2, 0.25) is 5.91 Å². The number of nitrogens with zero attached hydrogens (tertiary/aromatic N) is 4. The summed E-state index contributed by atoms with van der Waals surface area (Å²) in [7, 11) is 1.93. The molecule has 0 bridgehead atoms. The van der Waals surface area contributed by atoms with Gasteiger partial charge in [-0.15, -0.1) is 0 Å². The number of nitrogens with one attached hydrogen (secondary N) is 2. The molecule has 0 radical (unpaired) electrons. The Bertz CT molecular complexity index is 619. The molecule has 2 fully saturated rings. The summed E-state index contributed by atoms with van der Waals surface area (Å²) in [5.41, 5.74) is 1.07. The third-order valence-electron chi connectivity index (χ3n) is 5.46. The number of hydrogen-bond donors (Lipinski definition) is 2. The molecule has 1 atom stereocenters. The molecule has 0 spiro atoms. The van der Waals surface area contributed by atoms with Gasteiger partial charge in [0.15, 0.2) is 5.96 Å². The molecule has 3 rings (SSSR count). The molecule has 1 aliphatic carbocycles. The minimum atomic E-state index is 0.259. The van der Waals surface area contributed by atoms with Crippen LogP contribution < -0.4 is 10.6 Å². The lowest BCUT2D eigenvalue weighted by Gasteiger charge is -2.26. The number of carbonyl (C=O) groups excluding carboxylic acids is 1. The van der Waals surface area contributed by atoms with Crippen molar-refractivity contribution in [3.8, 4) is 0 Å². The van der Waals surface area contributed by atoms with Gasteiger partial charge in [-0.2, -0.15) is 5.10 Å². The Kier molecular flexibility index (Phi) is 6.52. The van der Waals surface area contributed by atoms with Gasteiger partial charge in [0.25, 0.3) is 0 Å². The zero-order chi connectivity index (χ0) is 18.4. The van der Waals surface area contributed by atoms with Gasteiger partial charge in [-0.1, -0.05) is 19.3 Å². The maximum Gasteiger partial charge on any atom is 0.225 e. The van der Waals surface area contributed by atoms with E-state index in [0.717, 1.165) is 50.6 Å². The molecule has 2 aliphatic rings. The molecular weight excluding hydrogens is 328 g/mol. The van der Waals surface area contributed by atoms with E-state index < -0.39 is 0 Å². The first kappa shape index (κ1) is 18.7. The second kappa shape index (κ2) is 9.05. The van der Waals surface area contributed by atoms with Crippen molar-refractivity contribution >= 4 is 11.9 Å². The summed E-state index contributed by atoms with van der Waals surface area (Å²) in [6, 6.07) is 2.25. The summed E-state index contributed by atoms with van der Waals surface area (Å²) in [6.45, 7) is 5.10. The number of guanidine groups is 1. The molecule has 2 N–H and O–H groups in total. The third kappa shape index (κ3) is 4.77. The Morgan fingerprint density at radius 2 is 2.12 bits per heavy atom. The summed E-state index contributed by atoms with van der Waals surface area (Å²) < 4.78 is 1.84. The highest BCUT2D eigenvalue weighted by molar-refractivity contribution is 5.81.